The standard InChI is InChI=1S/C24H30N4O2S/c1-4-28-23(20-10-12-21(13-11-20)30-16-18(2)3)26-27-24(28)31-17-22(29)25-15-14-19-8-6-5-7-9-19/h5-13,18H,4,14-17H2,1-3H3,(H,25,29). The fourth-order valence-corrected chi connectivity index (χ4v) is 3.86. The summed E-state index contributed by atoms with van der Waals surface area (Å²) in [4.78, 5) is 12.2. The highest BCUT2D eigenvalue weighted by molar-refractivity contribution is 7.99. The molecule has 0 spiro atoms. The van der Waals surface area contributed by atoms with Crippen LogP contribution in [0.4, 0.5) is 0 Å². The van der Waals surface area contributed by atoms with Crippen LogP contribution in [0.25, 0.3) is 11.4 Å². The van der Waals surface area contributed by atoms with Crippen molar-refractivity contribution < 1.29 is 9.53 Å². The molecule has 1 aromatic heterocycles. The summed E-state index contributed by atoms with van der Waals surface area (Å²) in [6.45, 7) is 8.35. The molecular formula is C24H30N4O2S. The number of aromatic nitrogens is 3. The maximum absolute atomic E-state index is 12.2. The Balaban J connectivity index is 1.54. The fourth-order valence-electron chi connectivity index (χ4n) is 3.03. The van der Waals surface area contributed by atoms with E-state index in [1.165, 1.54) is 17.3 Å². The van der Waals surface area contributed by atoms with Gasteiger partial charge in [0.1, 0.15) is 5.75 Å². The Labute approximate surface area is 188 Å². The van der Waals surface area contributed by atoms with E-state index in [1.807, 2.05) is 47.0 Å². The van der Waals surface area contributed by atoms with Crippen molar-refractivity contribution in [2.75, 3.05) is 18.9 Å². The van der Waals surface area contributed by atoms with Crippen molar-refractivity contribution in [1.82, 2.24) is 20.1 Å². The molecule has 0 aliphatic carbocycles. The van der Waals surface area contributed by atoms with Gasteiger partial charge in [-0.3, -0.25) is 4.79 Å². The van der Waals surface area contributed by atoms with Crippen LogP contribution < -0.4 is 10.1 Å². The van der Waals surface area contributed by atoms with E-state index in [0.29, 0.717) is 24.8 Å². The van der Waals surface area contributed by atoms with Gasteiger partial charge in [0.25, 0.3) is 0 Å². The van der Waals surface area contributed by atoms with Gasteiger partial charge in [0.05, 0.1) is 12.4 Å². The quantitative estimate of drug-likeness (QED) is 0.448. The van der Waals surface area contributed by atoms with Gasteiger partial charge >= 0.3 is 0 Å². The van der Waals surface area contributed by atoms with Gasteiger partial charge in [-0.15, -0.1) is 10.2 Å². The van der Waals surface area contributed by atoms with Crippen molar-refractivity contribution in [3.8, 4) is 17.1 Å². The number of carbonyl (C=O) groups excluding carboxylic acids is 1. The zero-order valence-electron chi connectivity index (χ0n) is 18.4. The van der Waals surface area contributed by atoms with E-state index in [4.69, 9.17) is 4.74 Å². The van der Waals surface area contributed by atoms with Crippen LogP contribution in [0, 0.1) is 5.92 Å². The summed E-state index contributed by atoms with van der Waals surface area (Å²) in [7, 11) is 0. The van der Waals surface area contributed by atoms with Gasteiger partial charge in [-0.05, 0) is 49.1 Å². The molecule has 0 atom stereocenters. The summed E-state index contributed by atoms with van der Waals surface area (Å²) in [5.74, 6) is 2.44. The fraction of sp³-hybridized carbons (Fsp3) is 0.375. The summed E-state index contributed by atoms with van der Waals surface area (Å²) in [6.07, 6.45) is 0.823. The molecular weight excluding hydrogens is 408 g/mol. The van der Waals surface area contributed by atoms with Crippen LogP contribution in [-0.2, 0) is 17.8 Å². The van der Waals surface area contributed by atoms with Crippen molar-refractivity contribution in [2.24, 2.45) is 5.92 Å². The largest absolute Gasteiger partial charge is 0.493 e. The molecule has 0 fully saturated rings. The average molecular weight is 439 g/mol. The first-order valence-electron chi connectivity index (χ1n) is 10.7. The van der Waals surface area contributed by atoms with E-state index in [0.717, 1.165) is 35.3 Å². The Morgan fingerprint density at radius 2 is 1.84 bits per heavy atom. The number of benzene rings is 2. The number of nitrogens with zero attached hydrogens (tertiary/aromatic N) is 3. The van der Waals surface area contributed by atoms with Crippen molar-refractivity contribution in [3.05, 3.63) is 60.2 Å². The highest BCUT2D eigenvalue weighted by Crippen LogP contribution is 2.25. The number of ether oxygens (including phenoxy) is 1. The molecule has 1 heterocycles. The molecule has 6 nitrogen and oxygen atoms in total. The van der Waals surface area contributed by atoms with Crippen molar-refractivity contribution >= 4 is 17.7 Å². The van der Waals surface area contributed by atoms with Crippen molar-refractivity contribution in [2.45, 2.75) is 38.9 Å². The van der Waals surface area contributed by atoms with E-state index in [2.05, 4.69) is 48.4 Å². The number of hydrogen-bond acceptors (Lipinski definition) is 5. The monoisotopic (exact) mass is 438 g/mol. The Bertz CT molecular complexity index is 955. The molecule has 1 amide bonds. The molecule has 3 rings (SSSR count). The molecule has 0 saturated carbocycles. The number of rotatable bonds is 11. The summed E-state index contributed by atoms with van der Waals surface area (Å²) in [5.41, 5.74) is 2.19. The second-order valence-electron chi connectivity index (χ2n) is 7.65. The first kappa shape index (κ1) is 22.9. The van der Waals surface area contributed by atoms with Crippen LogP contribution in [0.1, 0.15) is 26.3 Å². The molecule has 7 heteroatoms. The predicted octanol–water partition coefficient (Wildman–Crippen LogP) is 4.45. The molecule has 164 valence electrons. The molecule has 0 aliphatic heterocycles. The highest BCUT2D eigenvalue weighted by atomic mass is 32.2. The van der Waals surface area contributed by atoms with Crippen molar-refractivity contribution in [3.63, 3.8) is 0 Å². The Kier molecular flexibility index (Phi) is 8.53. The Morgan fingerprint density at radius 1 is 1.10 bits per heavy atom. The zero-order chi connectivity index (χ0) is 22.1. The van der Waals surface area contributed by atoms with Gasteiger partial charge in [0.2, 0.25) is 5.91 Å². The third-order valence-corrected chi connectivity index (χ3v) is 5.61. The summed E-state index contributed by atoms with van der Waals surface area (Å²) in [6, 6.07) is 18.0. The van der Waals surface area contributed by atoms with E-state index in [1.54, 1.807) is 0 Å². The lowest BCUT2D eigenvalue weighted by molar-refractivity contribution is -0.118. The minimum atomic E-state index is -0.000196. The van der Waals surface area contributed by atoms with Gasteiger partial charge in [-0.2, -0.15) is 0 Å². The third-order valence-electron chi connectivity index (χ3n) is 4.64. The number of carbonyl (C=O) groups is 1. The number of nitrogens with one attached hydrogen (secondary N) is 1. The Morgan fingerprint density at radius 3 is 2.52 bits per heavy atom. The maximum Gasteiger partial charge on any atom is 0.230 e. The maximum atomic E-state index is 12.2. The first-order valence-corrected chi connectivity index (χ1v) is 11.6. The van der Waals surface area contributed by atoms with Gasteiger partial charge in [0.15, 0.2) is 11.0 Å². The minimum absolute atomic E-state index is 0.000196. The molecule has 3 aromatic rings. The molecule has 2 aromatic carbocycles. The number of amides is 1. The van der Waals surface area contributed by atoms with Crippen LogP contribution >= 0.6 is 11.8 Å². The van der Waals surface area contributed by atoms with Crippen molar-refractivity contribution in [1.29, 1.82) is 0 Å². The topological polar surface area (TPSA) is 69.0 Å². The third kappa shape index (κ3) is 6.85. The lowest BCUT2D eigenvalue weighted by atomic mass is 10.1. The second-order valence-corrected chi connectivity index (χ2v) is 8.60. The first-order chi connectivity index (χ1) is 15.1. The molecule has 0 saturated heterocycles. The summed E-state index contributed by atoms with van der Waals surface area (Å²) >= 11 is 1.41. The van der Waals surface area contributed by atoms with Gasteiger partial charge in [-0.25, -0.2) is 0 Å². The average Bonchev–Trinajstić information content (AvgIpc) is 3.20. The van der Waals surface area contributed by atoms with Crippen LogP contribution in [0.2, 0.25) is 0 Å². The zero-order valence-corrected chi connectivity index (χ0v) is 19.2. The predicted molar refractivity (Wildman–Crippen MR) is 125 cm³/mol. The number of thioether (sulfide) groups is 1. The van der Waals surface area contributed by atoms with E-state index >= 15 is 0 Å². The highest BCUT2D eigenvalue weighted by Gasteiger charge is 2.14. The summed E-state index contributed by atoms with van der Waals surface area (Å²) in [5, 5.41) is 12.4. The van der Waals surface area contributed by atoms with Crippen LogP contribution in [0.3, 0.4) is 0 Å². The lowest BCUT2D eigenvalue weighted by Crippen LogP contribution is -2.27. The second kappa shape index (κ2) is 11.6. The molecule has 0 aliphatic rings. The van der Waals surface area contributed by atoms with Crippen LogP contribution in [0.15, 0.2) is 59.8 Å². The molecule has 0 bridgehead atoms. The lowest BCUT2D eigenvalue weighted by Gasteiger charge is -2.10. The van der Waals surface area contributed by atoms with E-state index in [-0.39, 0.29) is 5.91 Å². The number of hydrogen-bond donors (Lipinski definition) is 1. The summed E-state index contributed by atoms with van der Waals surface area (Å²) < 4.78 is 7.79. The van der Waals surface area contributed by atoms with Gasteiger partial charge in [0, 0.05) is 18.7 Å². The van der Waals surface area contributed by atoms with E-state index in [9.17, 15) is 4.79 Å². The normalized spacial score (nSPS) is 11.0. The van der Waals surface area contributed by atoms with Crippen LogP contribution in [-0.4, -0.2) is 39.6 Å². The van der Waals surface area contributed by atoms with E-state index < -0.39 is 0 Å². The smallest absolute Gasteiger partial charge is 0.230 e. The molecule has 31 heavy (non-hydrogen) atoms. The SMILES string of the molecule is CCn1c(SCC(=O)NCCc2ccccc2)nnc1-c1ccc(OCC(C)C)cc1. The minimum Gasteiger partial charge on any atom is -0.493 e. The Hall–Kier alpha value is -2.80. The molecule has 0 radical (unpaired) electrons. The van der Waals surface area contributed by atoms with Gasteiger partial charge < -0.3 is 14.6 Å². The van der Waals surface area contributed by atoms with Crippen LogP contribution in [0.5, 0.6) is 5.75 Å². The van der Waals surface area contributed by atoms with Gasteiger partial charge in [-0.1, -0.05) is 55.9 Å². The molecule has 0 unspecified atom stereocenters. The molecule has 1 N–H and O–H groups in total.